The van der Waals surface area contributed by atoms with Gasteiger partial charge in [-0.25, -0.2) is 4.39 Å². The maximum absolute atomic E-state index is 12.8. The second kappa shape index (κ2) is 5.29. The molecule has 0 aliphatic rings. The molecule has 5 heteroatoms. The third-order valence-electron chi connectivity index (χ3n) is 1.92. The van der Waals surface area contributed by atoms with E-state index in [-0.39, 0.29) is 12.3 Å². The Labute approximate surface area is 86.8 Å². The summed E-state index contributed by atoms with van der Waals surface area (Å²) in [6, 6.07) is 5.57. The van der Waals surface area contributed by atoms with Crippen LogP contribution in [0.5, 0.6) is 5.75 Å². The number of hydrogen-bond donors (Lipinski definition) is 0. The van der Waals surface area contributed by atoms with Crippen LogP contribution in [0.25, 0.3) is 0 Å². The van der Waals surface area contributed by atoms with E-state index in [4.69, 9.17) is 4.74 Å². The zero-order valence-corrected chi connectivity index (χ0v) is 8.35. The second-order valence-corrected chi connectivity index (χ2v) is 3.07. The number of alkyl halides is 1. The Balaban J connectivity index is 2.53. The molecule has 0 unspecified atom stereocenters. The molecule has 1 aromatic carbocycles. The molecule has 0 saturated carbocycles. The van der Waals surface area contributed by atoms with Crippen LogP contribution in [0.1, 0.15) is 13.3 Å². The van der Waals surface area contributed by atoms with Crippen molar-refractivity contribution in [3.63, 3.8) is 0 Å². The third kappa shape index (κ3) is 3.53. The molecule has 0 bridgehead atoms. The fourth-order valence-electron chi connectivity index (χ4n) is 0.969. The highest BCUT2D eigenvalue weighted by molar-refractivity contribution is 5.35. The maximum Gasteiger partial charge on any atom is 0.269 e. The number of benzene rings is 1. The maximum atomic E-state index is 12.8. The molecule has 0 radical (unpaired) electrons. The number of ether oxygens (including phenoxy) is 1. The summed E-state index contributed by atoms with van der Waals surface area (Å²) < 4.78 is 17.9. The highest BCUT2D eigenvalue weighted by atomic mass is 19.1. The molecular formula is C10H12FNO3. The summed E-state index contributed by atoms with van der Waals surface area (Å²) in [7, 11) is 0. The van der Waals surface area contributed by atoms with Crippen molar-refractivity contribution in [1.29, 1.82) is 0 Å². The number of halogens is 1. The van der Waals surface area contributed by atoms with Crippen molar-refractivity contribution in [1.82, 2.24) is 0 Å². The van der Waals surface area contributed by atoms with E-state index in [1.807, 2.05) is 0 Å². The van der Waals surface area contributed by atoms with Gasteiger partial charge in [-0.05, 0) is 18.6 Å². The van der Waals surface area contributed by atoms with Crippen LogP contribution in [0.2, 0.25) is 0 Å². The Hall–Kier alpha value is -1.65. The molecule has 0 fully saturated rings. The summed E-state index contributed by atoms with van der Waals surface area (Å²) in [5.74, 6) is 0.441. The van der Waals surface area contributed by atoms with E-state index in [0.29, 0.717) is 12.2 Å². The molecule has 0 N–H and O–H groups in total. The van der Waals surface area contributed by atoms with Gasteiger partial charge in [0.05, 0.1) is 4.92 Å². The van der Waals surface area contributed by atoms with Crippen LogP contribution in [-0.2, 0) is 0 Å². The molecule has 0 spiro atoms. The lowest BCUT2D eigenvalue weighted by Gasteiger charge is -2.07. The predicted octanol–water partition coefficient (Wildman–Crippen LogP) is 2.72. The van der Waals surface area contributed by atoms with Crippen molar-refractivity contribution < 1.29 is 14.1 Å². The van der Waals surface area contributed by atoms with Gasteiger partial charge in [-0.15, -0.1) is 0 Å². The SMILES string of the molecule is CC[C@@H](F)COc1ccc([N+](=O)[O-])cc1. The van der Waals surface area contributed by atoms with Crippen molar-refractivity contribution >= 4 is 5.69 Å². The lowest BCUT2D eigenvalue weighted by atomic mass is 10.3. The van der Waals surface area contributed by atoms with Crippen molar-refractivity contribution in [3.05, 3.63) is 34.4 Å². The van der Waals surface area contributed by atoms with Gasteiger partial charge in [-0.3, -0.25) is 10.1 Å². The van der Waals surface area contributed by atoms with Gasteiger partial charge < -0.3 is 4.74 Å². The Morgan fingerprint density at radius 2 is 2.07 bits per heavy atom. The molecule has 0 aliphatic heterocycles. The highest BCUT2D eigenvalue weighted by Crippen LogP contribution is 2.17. The van der Waals surface area contributed by atoms with Crippen LogP contribution in [0.3, 0.4) is 0 Å². The molecule has 1 aromatic rings. The lowest BCUT2D eigenvalue weighted by Crippen LogP contribution is -2.11. The summed E-state index contributed by atoms with van der Waals surface area (Å²) in [6.07, 6.45) is -0.604. The number of rotatable bonds is 5. The first-order valence-electron chi connectivity index (χ1n) is 4.64. The van der Waals surface area contributed by atoms with Crippen molar-refractivity contribution in [2.45, 2.75) is 19.5 Å². The topological polar surface area (TPSA) is 52.4 Å². The predicted molar refractivity (Wildman–Crippen MR) is 53.8 cm³/mol. The summed E-state index contributed by atoms with van der Waals surface area (Å²) >= 11 is 0. The normalized spacial score (nSPS) is 12.1. The van der Waals surface area contributed by atoms with Gasteiger partial charge in [-0.1, -0.05) is 6.92 Å². The molecule has 0 amide bonds. The standard InChI is InChI=1S/C10H12FNO3/c1-2-8(11)7-15-10-5-3-9(4-6-10)12(13)14/h3-6,8H,2,7H2,1H3/t8-/m1/s1. The Bertz CT molecular complexity index is 326. The van der Waals surface area contributed by atoms with Gasteiger partial charge in [-0.2, -0.15) is 0 Å². The number of nitro groups is 1. The first-order chi connectivity index (χ1) is 7.13. The lowest BCUT2D eigenvalue weighted by molar-refractivity contribution is -0.384. The van der Waals surface area contributed by atoms with E-state index < -0.39 is 11.1 Å². The van der Waals surface area contributed by atoms with Gasteiger partial charge in [0, 0.05) is 12.1 Å². The van der Waals surface area contributed by atoms with Crippen molar-refractivity contribution in [2.24, 2.45) is 0 Å². The average Bonchev–Trinajstić information content (AvgIpc) is 2.26. The molecule has 15 heavy (non-hydrogen) atoms. The number of nitrogens with zero attached hydrogens (tertiary/aromatic N) is 1. The average molecular weight is 213 g/mol. The largest absolute Gasteiger partial charge is 0.491 e. The Morgan fingerprint density at radius 1 is 1.47 bits per heavy atom. The van der Waals surface area contributed by atoms with Crippen LogP contribution < -0.4 is 4.74 Å². The monoisotopic (exact) mass is 213 g/mol. The highest BCUT2D eigenvalue weighted by Gasteiger charge is 2.06. The van der Waals surface area contributed by atoms with Crippen LogP contribution in [0.15, 0.2) is 24.3 Å². The molecule has 0 aliphatic carbocycles. The minimum Gasteiger partial charge on any atom is -0.491 e. The quantitative estimate of drug-likeness (QED) is 0.558. The fourth-order valence-corrected chi connectivity index (χ4v) is 0.969. The fraction of sp³-hybridized carbons (Fsp3) is 0.400. The summed E-state index contributed by atoms with van der Waals surface area (Å²) in [5, 5.41) is 10.3. The van der Waals surface area contributed by atoms with Gasteiger partial charge in [0.2, 0.25) is 0 Å². The van der Waals surface area contributed by atoms with E-state index in [2.05, 4.69) is 0 Å². The van der Waals surface area contributed by atoms with E-state index in [1.54, 1.807) is 6.92 Å². The molecule has 0 aromatic heterocycles. The Morgan fingerprint density at radius 3 is 2.53 bits per heavy atom. The first-order valence-corrected chi connectivity index (χ1v) is 4.64. The van der Waals surface area contributed by atoms with Gasteiger partial charge >= 0.3 is 0 Å². The molecule has 0 heterocycles. The second-order valence-electron chi connectivity index (χ2n) is 3.07. The Kier molecular flexibility index (Phi) is 4.03. The minimum atomic E-state index is -1.000. The van der Waals surface area contributed by atoms with E-state index in [0.717, 1.165) is 0 Å². The van der Waals surface area contributed by atoms with Crippen LogP contribution in [-0.4, -0.2) is 17.7 Å². The van der Waals surface area contributed by atoms with Crippen LogP contribution in [0, 0.1) is 10.1 Å². The van der Waals surface area contributed by atoms with Crippen LogP contribution >= 0.6 is 0 Å². The van der Waals surface area contributed by atoms with Gasteiger partial charge in [0.1, 0.15) is 18.5 Å². The summed E-state index contributed by atoms with van der Waals surface area (Å²) in [6.45, 7) is 1.71. The molecule has 1 rings (SSSR count). The zero-order valence-electron chi connectivity index (χ0n) is 8.35. The molecule has 4 nitrogen and oxygen atoms in total. The van der Waals surface area contributed by atoms with Gasteiger partial charge in [0.25, 0.3) is 5.69 Å². The van der Waals surface area contributed by atoms with Crippen molar-refractivity contribution in [2.75, 3.05) is 6.61 Å². The number of hydrogen-bond acceptors (Lipinski definition) is 3. The van der Waals surface area contributed by atoms with Crippen LogP contribution in [0.4, 0.5) is 10.1 Å². The van der Waals surface area contributed by atoms with Crippen molar-refractivity contribution in [3.8, 4) is 5.75 Å². The molecular weight excluding hydrogens is 201 g/mol. The number of nitro benzene ring substituents is 1. The smallest absolute Gasteiger partial charge is 0.269 e. The van der Waals surface area contributed by atoms with E-state index in [1.165, 1.54) is 24.3 Å². The minimum absolute atomic E-state index is 0.00496. The summed E-state index contributed by atoms with van der Waals surface area (Å²) in [4.78, 5) is 9.84. The molecule has 82 valence electrons. The molecule has 1 atom stereocenters. The van der Waals surface area contributed by atoms with E-state index in [9.17, 15) is 14.5 Å². The van der Waals surface area contributed by atoms with E-state index >= 15 is 0 Å². The number of non-ortho nitro benzene ring substituents is 1. The first kappa shape index (κ1) is 11.4. The third-order valence-corrected chi connectivity index (χ3v) is 1.92. The molecule has 0 saturated heterocycles. The summed E-state index contributed by atoms with van der Waals surface area (Å²) in [5.41, 5.74) is -0.00496. The van der Waals surface area contributed by atoms with Gasteiger partial charge in [0.15, 0.2) is 0 Å². The zero-order chi connectivity index (χ0) is 11.3.